The second-order valence-electron chi connectivity index (χ2n) is 6.96. The van der Waals surface area contributed by atoms with E-state index in [-0.39, 0.29) is 11.7 Å². The van der Waals surface area contributed by atoms with Gasteiger partial charge in [0, 0.05) is 31.7 Å². The van der Waals surface area contributed by atoms with E-state index in [0.29, 0.717) is 38.2 Å². The van der Waals surface area contributed by atoms with Crippen LogP contribution < -0.4 is 0 Å². The van der Waals surface area contributed by atoms with Crippen molar-refractivity contribution in [3.8, 4) is 0 Å². The molecular formula is C21H26N2O3S. The number of rotatable bonds is 6. The number of carbonyl (C=O) groups is 1. The zero-order chi connectivity index (χ0) is 19.3. The van der Waals surface area contributed by atoms with E-state index in [1.54, 1.807) is 4.90 Å². The predicted molar refractivity (Wildman–Crippen MR) is 107 cm³/mol. The van der Waals surface area contributed by atoms with Gasteiger partial charge in [0.15, 0.2) is 0 Å². The highest BCUT2D eigenvalue weighted by molar-refractivity contribution is 7.89. The summed E-state index contributed by atoms with van der Waals surface area (Å²) in [5, 5.41) is 0. The first kappa shape index (κ1) is 19.6. The van der Waals surface area contributed by atoms with Gasteiger partial charge in [-0.05, 0) is 37.5 Å². The second-order valence-corrected chi connectivity index (χ2v) is 9.05. The van der Waals surface area contributed by atoms with Crippen LogP contribution in [0.5, 0.6) is 0 Å². The number of hydrogen-bond donors (Lipinski definition) is 0. The quantitative estimate of drug-likeness (QED) is 0.767. The van der Waals surface area contributed by atoms with Crippen molar-refractivity contribution in [3.63, 3.8) is 0 Å². The predicted octanol–water partition coefficient (Wildman–Crippen LogP) is 2.72. The highest BCUT2D eigenvalue weighted by atomic mass is 32.2. The van der Waals surface area contributed by atoms with E-state index in [1.165, 1.54) is 4.31 Å². The molecule has 0 N–H and O–H groups in total. The molecule has 2 aromatic carbocycles. The summed E-state index contributed by atoms with van der Waals surface area (Å²) in [4.78, 5) is 14.3. The maximum Gasteiger partial charge on any atom is 0.253 e. The topological polar surface area (TPSA) is 57.7 Å². The normalized spacial score (nSPS) is 15.7. The van der Waals surface area contributed by atoms with Crippen molar-refractivity contribution in [3.05, 3.63) is 71.3 Å². The number of hydrogen-bond acceptors (Lipinski definition) is 3. The molecule has 144 valence electrons. The molecule has 1 heterocycles. The zero-order valence-electron chi connectivity index (χ0n) is 15.7. The van der Waals surface area contributed by atoms with Crippen LogP contribution in [0.3, 0.4) is 0 Å². The molecule has 1 aliphatic heterocycles. The Morgan fingerprint density at radius 2 is 1.56 bits per heavy atom. The molecular weight excluding hydrogens is 360 g/mol. The maximum absolute atomic E-state index is 12.6. The van der Waals surface area contributed by atoms with Gasteiger partial charge >= 0.3 is 0 Å². The van der Waals surface area contributed by atoms with Gasteiger partial charge in [-0.25, -0.2) is 8.42 Å². The van der Waals surface area contributed by atoms with E-state index >= 15 is 0 Å². The fourth-order valence-electron chi connectivity index (χ4n) is 3.28. The van der Waals surface area contributed by atoms with Gasteiger partial charge in [0.1, 0.15) is 0 Å². The summed E-state index contributed by atoms with van der Waals surface area (Å²) in [5.74, 6) is 0.115. The number of benzene rings is 2. The molecule has 0 spiro atoms. The summed E-state index contributed by atoms with van der Waals surface area (Å²) < 4.78 is 26.7. The molecule has 1 aliphatic rings. The Morgan fingerprint density at radius 1 is 0.926 bits per heavy atom. The number of nitrogens with zero attached hydrogens (tertiary/aromatic N) is 2. The molecule has 0 radical (unpaired) electrons. The number of sulfonamides is 1. The fraction of sp³-hybridized carbons (Fsp3) is 0.381. The van der Waals surface area contributed by atoms with Crippen LogP contribution in [0.25, 0.3) is 0 Å². The molecule has 0 saturated carbocycles. The smallest absolute Gasteiger partial charge is 0.253 e. The lowest BCUT2D eigenvalue weighted by atomic mass is 10.1. The van der Waals surface area contributed by atoms with Crippen LogP contribution in [-0.4, -0.2) is 55.5 Å². The molecule has 27 heavy (non-hydrogen) atoms. The van der Waals surface area contributed by atoms with Gasteiger partial charge < -0.3 is 4.90 Å². The molecule has 0 aliphatic carbocycles. The van der Waals surface area contributed by atoms with Gasteiger partial charge in [0.2, 0.25) is 10.0 Å². The minimum atomic E-state index is -3.28. The maximum atomic E-state index is 12.6. The highest BCUT2D eigenvalue weighted by Gasteiger charge is 2.28. The standard InChI is InChI=1S/C21H26N2O3S/c1-18-9-11-20(12-10-18)21(24)22-13-15-23(16-14-22)27(25,26)17-5-8-19-6-3-2-4-7-19/h2-4,6-7,9-12H,5,8,13-17H2,1H3. The van der Waals surface area contributed by atoms with Gasteiger partial charge in [-0.15, -0.1) is 0 Å². The molecule has 5 nitrogen and oxygen atoms in total. The Labute approximate surface area is 161 Å². The van der Waals surface area contributed by atoms with Crippen molar-refractivity contribution in [1.82, 2.24) is 9.21 Å². The second kappa shape index (κ2) is 8.67. The van der Waals surface area contributed by atoms with E-state index in [1.807, 2.05) is 61.5 Å². The molecule has 3 rings (SSSR count). The molecule has 0 atom stereocenters. The van der Waals surface area contributed by atoms with E-state index in [0.717, 1.165) is 17.5 Å². The Balaban J connectivity index is 1.50. The van der Waals surface area contributed by atoms with E-state index < -0.39 is 10.0 Å². The highest BCUT2D eigenvalue weighted by Crippen LogP contribution is 2.14. The van der Waals surface area contributed by atoms with Crippen LogP contribution in [-0.2, 0) is 16.4 Å². The first-order chi connectivity index (χ1) is 13.0. The molecule has 1 amide bonds. The van der Waals surface area contributed by atoms with Crippen molar-refractivity contribution in [1.29, 1.82) is 0 Å². The summed E-state index contributed by atoms with van der Waals surface area (Å²) in [6, 6.07) is 17.4. The van der Waals surface area contributed by atoms with Crippen molar-refractivity contribution < 1.29 is 13.2 Å². The SMILES string of the molecule is Cc1ccc(C(=O)N2CCN(S(=O)(=O)CCCc3ccccc3)CC2)cc1. The van der Waals surface area contributed by atoms with Crippen molar-refractivity contribution in [2.45, 2.75) is 19.8 Å². The third-order valence-electron chi connectivity index (χ3n) is 4.93. The Hall–Kier alpha value is -2.18. The average Bonchev–Trinajstić information content (AvgIpc) is 2.69. The lowest BCUT2D eigenvalue weighted by molar-refractivity contribution is 0.0698. The summed E-state index contributed by atoms with van der Waals surface area (Å²) in [5.41, 5.74) is 2.92. The summed E-state index contributed by atoms with van der Waals surface area (Å²) in [7, 11) is -3.28. The summed E-state index contributed by atoms with van der Waals surface area (Å²) >= 11 is 0. The lowest BCUT2D eigenvalue weighted by Gasteiger charge is -2.34. The summed E-state index contributed by atoms with van der Waals surface area (Å²) in [6.45, 7) is 3.58. The van der Waals surface area contributed by atoms with E-state index in [4.69, 9.17) is 0 Å². The van der Waals surface area contributed by atoms with Gasteiger partial charge in [0.05, 0.1) is 5.75 Å². The van der Waals surface area contributed by atoms with Crippen LogP contribution in [0.4, 0.5) is 0 Å². The van der Waals surface area contributed by atoms with Crippen LogP contribution >= 0.6 is 0 Å². The number of piperazine rings is 1. The van der Waals surface area contributed by atoms with E-state index in [2.05, 4.69) is 0 Å². The largest absolute Gasteiger partial charge is 0.336 e. The van der Waals surface area contributed by atoms with Crippen molar-refractivity contribution in [2.75, 3.05) is 31.9 Å². The minimum absolute atomic E-state index is 0.0314. The molecule has 0 unspecified atom stereocenters. The zero-order valence-corrected chi connectivity index (χ0v) is 16.5. The molecule has 2 aromatic rings. The van der Waals surface area contributed by atoms with Crippen LogP contribution in [0.15, 0.2) is 54.6 Å². The first-order valence-corrected chi connectivity index (χ1v) is 10.9. The van der Waals surface area contributed by atoms with Gasteiger partial charge in [-0.1, -0.05) is 48.0 Å². The Bertz CT molecular complexity index is 856. The van der Waals surface area contributed by atoms with Crippen molar-refractivity contribution in [2.24, 2.45) is 0 Å². The monoisotopic (exact) mass is 386 g/mol. The van der Waals surface area contributed by atoms with Gasteiger partial charge in [0.25, 0.3) is 5.91 Å². The number of carbonyl (C=O) groups excluding carboxylic acids is 1. The first-order valence-electron chi connectivity index (χ1n) is 9.33. The summed E-state index contributed by atoms with van der Waals surface area (Å²) in [6.07, 6.45) is 1.36. The Morgan fingerprint density at radius 3 is 2.19 bits per heavy atom. The van der Waals surface area contributed by atoms with Gasteiger partial charge in [-0.3, -0.25) is 4.79 Å². The lowest BCUT2D eigenvalue weighted by Crippen LogP contribution is -2.51. The fourth-order valence-corrected chi connectivity index (χ4v) is 4.77. The average molecular weight is 387 g/mol. The third kappa shape index (κ3) is 5.17. The van der Waals surface area contributed by atoms with E-state index in [9.17, 15) is 13.2 Å². The molecule has 6 heteroatoms. The third-order valence-corrected chi connectivity index (χ3v) is 6.88. The Kier molecular flexibility index (Phi) is 6.29. The number of aryl methyl sites for hydroxylation is 2. The van der Waals surface area contributed by atoms with Crippen LogP contribution in [0.2, 0.25) is 0 Å². The molecule has 0 aromatic heterocycles. The molecule has 0 bridgehead atoms. The number of amides is 1. The van der Waals surface area contributed by atoms with Crippen molar-refractivity contribution >= 4 is 15.9 Å². The van der Waals surface area contributed by atoms with Crippen LogP contribution in [0, 0.1) is 6.92 Å². The van der Waals surface area contributed by atoms with Gasteiger partial charge in [-0.2, -0.15) is 4.31 Å². The molecule has 1 saturated heterocycles. The van der Waals surface area contributed by atoms with Crippen LogP contribution in [0.1, 0.15) is 27.9 Å². The minimum Gasteiger partial charge on any atom is -0.336 e. The molecule has 1 fully saturated rings.